The molecule has 0 spiro atoms. The highest BCUT2D eigenvalue weighted by atomic mass is 16.5. The Hall–Kier alpha value is -2.82. The van der Waals surface area contributed by atoms with E-state index < -0.39 is 5.97 Å². The van der Waals surface area contributed by atoms with Crippen LogP contribution in [0.1, 0.15) is 46.9 Å². The number of carbonyl (C=O) groups is 2. The predicted molar refractivity (Wildman–Crippen MR) is 98.5 cm³/mol. The number of aromatic carboxylic acids is 1. The third-order valence-electron chi connectivity index (χ3n) is 5.02. The van der Waals surface area contributed by atoms with Gasteiger partial charge in [0.15, 0.2) is 0 Å². The normalized spacial score (nSPS) is 19.0. The number of hydrogen-bond donors (Lipinski definition) is 1. The van der Waals surface area contributed by atoms with E-state index in [9.17, 15) is 9.59 Å². The number of rotatable bonds is 4. The van der Waals surface area contributed by atoms with Crippen LogP contribution in [0.25, 0.3) is 0 Å². The standard InChI is InChI=1S/C21H23NO4/c1-13-9-17-12-18(26-3)7-8-19(17)14(2)22(13)20(23)11-15-5-4-6-16(10-15)21(24)25/h4-8,10,12-14H,9,11H2,1-3H3,(H,24,25). The van der Waals surface area contributed by atoms with Crippen molar-refractivity contribution in [2.75, 3.05) is 7.11 Å². The average molecular weight is 353 g/mol. The fraction of sp³-hybridized carbons (Fsp3) is 0.333. The van der Waals surface area contributed by atoms with Gasteiger partial charge in [0.05, 0.1) is 25.1 Å². The van der Waals surface area contributed by atoms with Crippen LogP contribution in [0.4, 0.5) is 0 Å². The molecule has 2 atom stereocenters. The first kappa shape index (κ1) is 18.0. The van der Waals surface area contributed by atoms with Gasteiger partial charge in [0.25, 0.3) is 0 Å². The van der Waals surface area contributed by atoms with Crippen LogP contribution in [0, 0.1) is 0 Å². The molecular formula is C21H23NO4. The van der Waals surface area contributed by atoms with Crippen LogP contribution in [0.2, 0.25) is 0 Å². The Morgan fingerprint density at radius 3 is 2.65 bits per heavy atom. The van der Waals surface area contributed by atoms with Crippen molar-refractivity contribution in [3.8, 4) is 5.75 Å². The summed E-state index contributed by atoms with van der Waals surface area (Å²) in [5, 5.41) is 9.12. The molecule has 1 aliphatic heterocycles. The Kier molecular flexibility index (Phi) is 4.98. The molecule has 2 unspecified atom stereocenters. The predicted octanol–water partition coefficient (Wildman–Crippen LogP) is 3.47. The molecule has 26 heavy (non-hydrogen) atoms. The van der Waals surface area contributed by atoms with Gasteiger partial charge in [0.1, 0.15) is 5.75 Å². The molecule has 1 N–H and O–H groups in total. The molecule has 1 heterocycles. The molecule has 5 heteroatoms. The van der Waals surface area contributed by atoms with Gasteiger partial charge in [-0.3, -0.25) is 4.79 Å². The Balaban J connectivity index is 1.83. The van der Waals surface area contributed by atoms with Crippen LogP contribution < -0.4 is 4.74 Å². The summed E-state index contributed by atoms with van der Waals surface area (Å²) in [6, 6.07) is 12.6. The summed E-state index contributed by atoms with van der Waals surface area (Å²) in [6.45, 7) is 4.08. The Labute approximate surface area is 153 Å². The van der Waals surface area contributed by atoms with E-state index >= 15 is 0 Å². The van der Waals surface area contributed by atoms with Crippen molar-refractivity contribution in [1.29, 1.82) is 0 Å². The monoisotopic (exact) mass is 353 g/mol. The van der Waals surface area contributed by atoms with E-state index in [4.69, 9.17) is 9.84 Å². The van der Waals surface area contributed by atoms with E-state index in [0.29, 0.717) is 0 Å². The van der Waals surface area contributed by atoms with Gasteiger partial charge in [-0.2, -0.15) is 0 Å². The van der Waals surface area contributed by atoms with Crippen LogP contribution in [-0.4, -0.2) is 35.0 Å². The summed E-state index contributed by atoms with van der Waals surface area (Å²) in [7, 11) is 1.65. The molecule has 5 nitrogen and oxygen atoms in total. The molecule has 0 saturated heterocycles. The van der Waals surface area contributed by atoms with E-state index in [1.165, 1.54) is 11.6 Å². The Morgan fingerprint density at radius 1 is 1.19 bits per heavy atom. The molecule has 1 amide bonds. The molecular weight excluding hydrogens is 330 g/mol. The molecule has 3 rings (SSSR count). The van der Waals surface area contributed by atoms with Gasteiger partial charge in [-0.25, -0.2) is 4.79 Å². The quantitative estimate of drug-likeness (QED) is 0.914. The zero-order valence-corrected chi connectivity index (χ0v) is 15.2. The lowest BCUT2D eigenvalue weighted by Gasteiger charge is -2.40. The lowest BCUT2D eigenvalue weighted by Crippen LogP contribution is -2.45. The first-order valence-corrected chi connectivity index (χ1v) is 8.71. The number of fused-ring (bicyclic) bond motifs is 1. The summed E-state index contributed by atoms with van der Waals surface area (Å²) >= 11 is 0. The molecule has 0 aliphatic carbocycles. The maximum Gasteiger partial charge on any atom is 0.335 e. The summed E-state index contributed by atoms with van der Waals surface area (Å²) in [5.41, 5.74) is 3.26. The summed E-state index contributed by atoms with van der Waals surface area (Å²) in [4.78, 5) is 26.0. The second-order valence-corrected chi connectivity index (χ2v) is 6.78. The van der Waals surface area contributed by atoms with Gasteiger partial charge in [0.2, 0.25) is 5.91 Å². The highest BCUT2D eigenvalue weighted by Crippen LogP contribution is 2.35. The van der Waals surface area contributed by atoms with Crippen molar-refractivity contribution in [2.45, 2.75) is 38.8 Å². The molecule has 136 valence electrons. The summed E-state index contributed by atoms with van der Waals surface area (Å²) in [6.07, 6.45) is 0.971. The van der Waals surface area contributed by atoms with E-state index in [1.807, 2.05) is 36.9 Å². The molecule has 0 radical (unpaired) electrons. The lowest BCUT2D eigenvalue weighted by atomic mass is 9.88. The van der Waals surface area contributed by atoms with Gasteiger partial charge in [-0.05, 0) is 61.2 Å². The van der Waals surface area contributed by atoms with Crippen LogP contribution in [-0.2, 0) is 17.6 Å². The first-order chi connectivity index (χ1) is 12.4. The minimum atomic E-state index is -0.984. The number of benzene rings is 2. The minimum Gasteiger partial charge on any atom is -0.497 e. The second kappa shape index (κ2) is 7.20. The lowest BCUT2D eigenvalue weighted by molar-refractivity contribution is -0.135. The number of amides is 1. The van der Waals surface area contributed by atoms with Crippen LogP contribution >= 0.6 is 0 Å². The molecule has 1 aliphatic rings. The van der Waals surface area contributed by atoms with Crippen molar-refractivity contribution in [2.24, 2.45) is 0 Å². The number of nitrogens with zero attached hydrogens (tertiary/aromatic N) is 1. The fourth-order valence-electron chi connectivity index (χ4n) is 3.78. The smallest absolute Gasteiger partial charge is 0.335 e. The van der Waals surface area contributed by atoms with Crippen molar-refractivity contribution in [3.63, 3.8) is 0 Å². The number of carboxylic acids is 1. The first-order valence-electron chi connectivity index (χ1n) is 8.71. The van der Waals surface area contributed by atoms with Gasteiger partial charge >= 0.3 is 5.97 Å². The minimum absolute atomic E-state index is 0.00834. The molecule has 0 fully saturated rings. The highest BCUT2D eigenvalue weighted by molar-refractivity contribution is 5.88. The number of ether oxygens (including phenoxy) is 1. The number of methoxy groups -OCH3 is 1. The maximum absolute atomic E-state index is 13.0. The number of carboxylic acid groups (broad SMARTS) is 1. The van der Waals surface area contributed by atoms with Crippen molar-refractivity contribution < 1.29 is 19.4 Å². The Bertz CT molecular complexity index is 846. The zero-order chi connectivity index (χ0) is 18.8. The second-order valence-electron chi connectivity index (χ2n) is 6.78. The summed E-state index contributed by atoms with van der Waals surface area (Å²) in [5.74, 6) is -0.149. The molecule has 2 aromatic carbocycles. The molecule has 0 saturated carbocycles. The van der Waals surface area contributed by atoms with Crippen LogP contribution in [0.3, 0.4) is 0 Å². The van der Waals surface area contributed by atoms with Gasteiger partial charge in [-0.15, -0.1) is 0 Å². The third kappa shape index (κ3) is 3.43. The maximum atomic E-state index is 13.0. The third-order valence-corrected chi connectivity index (χ3v) is 5.02. The molecule has 2 aromatic rings. The van der Waals surface area contributed by atoms with Crippen LogP contribution in [0.15, 0.2) is 42.5 Å². The average Bonchev–Trinajstić information content (AvgIpc) is 2.61. The van der Waals surface area contributed by atoms with Crippen molar-refractivity contribution in [3.05, 3.63) is 64.7 Å². The fourth-order valence-corrected chi connectivity index (χ4v) is 3.78. The van der Waals surface area contributed by atoms with Crippen LogP contribution in [0.5, 0.6) is 5.75 Å². The topological polar surface area (TPSA) is 66.8 Å². The highest BCUT2D eigenvalue weighted by Gasteiger charge is 2.32. The molecule has 0 aromatic heterocycles. The van der Waals surface area contributed by atoms with Crippen molar-refractivity contribution >= 4 is 11.9 Å². The van der Waals surface area contributed by atoms with Crippen molar-refractivity contribution in [1.82, 2.24) is 4.90 Å². The zero-order valence-electron chi connectivity index (χ0n) is 15.2. The van der Waals surface area contributed by atoms with E-state index in [2.05, 4.69) is 0 Å². The van der Waals surface area contributed by atoms with E-state index in [-0.39, 0.29) is 30.0 Å². The van der Waals surface area contributed by atoms with E-state index in [1.54, 1.807) is 25.3 Å². The summed E-state index contributed by atoms with van der Waals surface area (Å²) < 4.78 is 5.31. The number of hydrogen-bond acceptors (Lipinski definition) is 3. The van der Waals surface area contributed by atoms with Gasteiger partial charge in [-0.1, -0.05) is 18.2 Å². The molecule has 0 bridgehead atoms. The largest absolute Gasteiger partial charge is 0.497 e. The SMILES string of the molecule is COc1ccc2c(c1)CC(C)N(C(=O)Cc1cccc(C(=O)O)c1)C2C. The van der Waals surface area contributed by atoms with E-state index in [0.717, 1.165) is 23.3 Å². The van der Waals surface area contributed by atoms with Gasteiger partial charge in [0, 0.05) is 6.04 Å². The number of carbonyl (C=O) groups excluding carboxylic acids is 1. The van der Waals surface area contributed by atoms with Gasteiger partial charge < -0.3 is 14.7 Å². The Morgan fingerprint density at radius 2 is 1.96 bits per heavy atom.